The van der Waals surface area contributed by atoms with E-state index in [4.69, 9.17) is 13.9 Å². The van der Waals surface area contributed by atoms with E-state index in [0.717, 1.165) is 5.76 Å². The summed E-state index contributed by atoms with van der Waals surface area (Å²) in [5.74, 6) is 2.14. The number of methoxy groups -OCH3 is 1. The Balaban J connectivity index is 1.60. The Morgan fingerprint density at radius 3 is 2.37 bits per heavy atom. The van der Waals surface area contributed by atoms with Crippen molar-refractivity contribution in [3.05, 3.63) is 84.3 Å². The average Bonchev–Trinajstić information content (AvgIpc) is 3.20. The second kappa shape index (κ2) is 9.80. The maximum absolute atomic E-state index is 10.5. The summed E-state index contributed by atoms with van der Waals surface area (Å²) in [6.45, 7) is 1.98. The second-order valence-corrected chi connectivity index (χ2v) is 6.35. The van der Waals surface area contributed by atoms with Crippen molar-refractivity contribution in [1.29, 1.82) is 0 Å². The first-order valence-electron chi connectivity index (χ1n) is 8.97. The van der Waals surface area contributed by atoms with Gasteiger partial charge in [0.1, 0.15) is 18.5 Å². The van der Waals surface area contributed by atoms with E-state index in [1.54, 1.807) is 13.4 Å². The molecule has 5 heteroatoms. The number of nitrogens with zero attached hydrogens (tertiary/aromatic N) is 1. The van der Waals surface area contributed by atoms with Crippen LogP contribution in [0.3, 0.4) is 0 Å². The highest BCUT2D eigenvalue weighted by atomic mass is 16.5. The standard InChI is InChI=1S/C22H25NO4/c1-25-21-11-5-6-12-22(21)27-17-19(24)15-23(16-20-10-7-13-26-20)14-18-8-3-2-4-9-18/h2-13,19,24H,14-17H2,1H3. The van der Waals surface area contributed by atoms with Gasteiger partial charge in [0, 0.05) is 13.1 Å². The molecule has 27 heavy (non-hydrogen) atoms. The van der Waals surface area contributed by atoms with Crippen LogP contribution in [0.15, 0.2) is 77.4 Å². The van der Waals surface area contributed by atoms with Gasteiger partial charge in [-0.3, -0.25) is 4.90 Å². The highest BCUT2D eigenvalue weighted by molar-refractivity contribution is 5.39. The van der Waals surface area contributed by atoms with Crippen LogP contribution in [0.25, 0.3) is 0 Å². The molecule has 0 aliphatic rings. The molecule has 1 heterocycles. The Morgan fingerprint density at radius 2 is 1.67 bits per heavy atom. The highest BCUT2D eigenvalue weighted by Gasteiger charge is 2.15. The summed E-state index contributed by atoms with van der Waals surface area (Å²) < 4.78 is 16.5. The van der Waals surface area contributed by atoms with E-state index in [9.17, 15) is 5.11 Å². The van der Waals surface area contributed by atoms with Gasteiger partial charge >= 0.3 is 0 Å². The van der Waals surface area contributed by atoms with Crippen molar-refractivity contribution in [3.8, 4) is 11.5 Å². The molecule has 5 nitrogen and oxygen atoms in total. The maximum atomic E-state index is 10.5. The largest absolute Gasteiger partial charge is 0.493 e. The summed E-state index contributed by atoms with van der Waals surface area (Å²) >= 11 is 0. The smallest absolute Gasteiger partial charge is 0.161 e. The number of ether oxygens (including phenoxy) is 2. The first kappa shape index (κ1) is 19.0. The molecule has 0 saturated carbocycles. The lowest BCUT2D eigenvalue weighted by Gasteiger charge is -2.24. The number of hydrogen-bond acceptors (Lipinski definition) is 5. The molecule has 3 aromatic rings. The van der Waals surface area contributed by atoms with Crippen LogP contribution in [0.2, 0.25) is 0 Å². The van der Waals surface area contributed by atoms with E-state index >= 15 is 0 Å². The minimum atomic E-state index is -0.645. The molecular weight excluding hydrogens is 342 g/mol. The Morgan fingerprint density at radius 1 is 0.926 bits per heavy atom. The molecule has 0 saturated heterocycles. The van der Waals surface area contributed by atoms with Crippen LogP contribution in [0.4, 0.5) is 0 Å². The van der Waals surface area contributed by atoms with Crippen molar-refractivity contribution in [2.75, 3.05) is 20.3 Å². The van der Waals surface area contributed by atoms with Gasteiger partial charge in [0.05, 0.1) is 19.9 Å². The van der Waals surface area contributed by atoms with Gasteiger partial charge in [0.15, 0.2) is 11.5 Å². The lowest BCUT2D eigenvalue weighted by Crippen LogP contribution is -2.35. The Labute approximate surface area is 159 Å². The highest BCUT2D eigenvalue weighted by Crippen LogP contribution is 2.25. The Kier molecular flexibility index (Phi) is 6.90. The predicted molar refractivity (Wildman–Crippen MR) is 104 cm³/mol. The van der Waals surface area contributed by atoms with E-state index in [0.29, 0.717) is 31.1 Å². The minimum Gasteiger partial charge on any atom is -0.493 e. The summed E-state index contributed by atoms with van der Waals surface area (Å²) in [7, 11) is 1.60. The lowest BCUT2D eigenvalue weighted by atomic mass is 10.2. The van der Waals surface area contributed by atoms with Crippen LogP contribution in [0, 0.1) is 0 Å². The Bertz CT molecular complexity index is 789. The third kappa shape index (κ3) is 5.88. The number of aliphatic hydroxyl groups is 1. The van der Waals surface area contributed by atoms with Gasteiger partial charge < -0.3 is 19.0 Å². The van der Waals surface area contributed by atoms with Gasteiger partial charge in [-0.15, -0.1) is 0 Å². The maximum Gasteiger partial charge on any atom is 0.161 e. The van der Waals surface area contributed by atoms with Crippen molar-refractivity contribution in [1.82, 2.24) is 4.90 Å². The van der Waals surface area contributed by atoms with Crippen LogP contribution < -0.4 is 9.47 Å². The van der Waals surface area contributed by atoms with Crippen molar-refractivity contribution in [2.45, 2.75) is 19.2 Å². The molecule has 0 radical (unpaired) electrons. The first-order chi connectivity index (χ1) is 13.2. The van der Waals surface area contributed by atoms with Crippen LogP contribution in [0.5, 0.6) is 11.5 Å². The van der Waals surface area contributed by atoms with Crippen molar-refractivity contribution in [3.63, 3.8) is 0 Å². The van der Waals surface area contributed by atoms with Crippen molar-refractivity contribution in [2.24, 2.45) is 0 Å². The zero-order chi connectivity index (χ0) is 18.9. The van der Waals surface area contributed by atoms with Crippen LogP contribution >= 0.6 is 0 Å². The molecule has 0 aliphatic heterocycles. The summed E-state index contributed by atoms with van der Waals surface area (Å²) in [5.41, 5.74) is 1.18. The first-order valence-corrected chi connectivity index (χ1v) is 8.97. The average molecular weight is 367 g/mol. The van der Waals surface area contributed by atoms with Gasteiger partial charge in [-0.05, 0) is 29.8 Å². The number of hydrogen-bond donors (Lipinski definition) is 1. The summed E-state index contributed by atoms with van der Waals surface area (Å²) in [6.07, 6.45) is 1.02. The van der Waals surface area contributed by atoms with E-state index < -0.39 is 6.10 Å². The van der Waals surface area contributed by atoms with Crippen LogP contribution in [0.1, 0.15) is 11.3 Å². The lowest BCUT2D eigenvalue weighted by molar-refractivity contribution is 0.0596. The molecule has 0 amide bonds. The molecule has 1 atom stereocenters. The zero-order valence-corrected chi connectivity index (χ0v) is 15.5. The summed E-state index contributed by atoms with van der Waals surface area (Å²) in [4.78, 5) is 2.14. The fourth-order valence-corrected chi connectivity index (χ4v) is 2.92. The van der Waals surface area contributed by atoms with E-state index in [2.05, 4.69) is 17.0 Å². The normalized spacial score (nSPS) is 12.1. The van der Waals surface area contributed by atoms with Crippen LogP contribution in [-0.2, 0) is 13.1 Å². The van der Waals surface area contributed by atoms with Crippen molar-refractivity contribution >= 4 is 0 Å². The second-order valence-electron chi connectivity index (χ2n) is 6.35. The van der Waals surface area contributed by atoms with E-state index in [1.807, 2.05) is 54.6 Å². The summed E-state index contributed by atoms with van der Waals surface area (Å²) in [5, 5.41) is 10.5. The molecule has 3 rings (SSSR count). The molecule has 1 aromatic heterocycles. The molecule has 0 bridgehead atoms. The molecule has 142 valence electrons. The quantitative estimate of drug-likeness (QED) is 0.592. The SMILES string of the molecule is COc1ccccc1OCC(O)CN(Cc1ccccc1)Cc1ccco1. The van der Waals surface area contributed by atoms with Crippen molar-refractivity contribution < 1.29 is 19.0 Å². The number of benzene rings is 2. The van der Waals surface area contributed by atoms with E-state index in [1.165, 1.54) is 5.56 Å². The monoisotopic (exact) mass is 367 g/mol. The third-order valence-corrected chi connectivity index (χ3v) is 4.18. The molecule has 0 fully saturated rings. The zero-order valence-electron chi connectivity index (χ0n) is 15.5. The molecular formula is C22H25NO4. The molecule has 1 unspecified atom stereocenters. The Hall–Kier alpha value is -2.76. The number of aliphatic hydroxyl groups excluding tert-OH is 1. The molecule has 0 aliphatic carbocycles. The van der Waals surface area contributed by atoms with Gasteiger partial charge in [0.2, 0.25) is 0 Å². The van der Waals surface area contributed by atoms with Gasteiger partial charge in [-0.1, -0.05) is 42.5 Å². The molecule has 1 N–H and O–H groups in total. The van der Waals surface area contributed by atoms with Crippen LogP contribution in [-0.4, -0.2) is 36.4 Å². The van der Waals surface area contributed by atoms with E-state index in [-0.39, 0.29) is 6.61 Å². The van der Waals surface area contributed by atoms with Gasteiger partial charge in [0.25, 0.3) is 0 Å². The minimum absolute atomic E-state index is 0.184. The molecule has 2 aromatic carbocycles. The number of para-hydroxylation sites is 2. The van der Waals surface area contributed by atoms with Gasteiger partial charge in [-0.25, -0.2) is 0 Å². The fourth-order valence-electron chi connectivity index (χ4n) is 2.92. The summed E-state index contributed by atoms with van der Waals surface area (Å²) in [6, 6.07) is 21.4. The third-order valence-electron chi connectivity index (χ3n) is 4.18. The number of furan rings is 1. The fraction of sp³-hybridized carbons (Fsp3) is 0.273. The number of rotatable bonds is 10. The molecule has 0 spiro atoms. The van der Waals surface area contributed by atoms with Gasteiger partial charge in [-0.2, -0.15) is 0 Å². The topological polar surface area (TPSA) is 55.1 Å². The predicted octanol–water partition coefficient (Wildman–Crippen LogP) is 3.73.